The Kier molecular flexibility index (Phi) is 4.35. The first-order valence-corrected chi connectivity index (χ1v) is 6.16. The molecular formula is C13H10BrNO4. The Morgan fingerprint density at radius 1 is 1.53 bits per heavy atom. The highest BCUT2D eigenvalue weighted by atomic mass is 79.9. The van der Waals surface area contributed by atoms with Crippen molar-refractivity contribution in [2.45, 2.75) is 6.61 Å². The molecule has 1 aromatic heterocycles. The molecule has 19 heavy (non-hydrogen) atoms. The first kappa shape index (κ1) is 13.4. The summed E-state index contributed by atoms with van der Waals surface area (Å²) in [7, 11) is 0. The lowest BCUT2D eigenvalue weighted by Gasteiger charge is -2.06. The van der Waals surface area contributed by atoms with Crippen molar-refractivity contribution >= 4 is 28.0 Å². The molecule has 6 heteroatoms. The van der Waals surface area contributed by atoms with Crippen molar-refractivity contribution in [3.8, 4) is 5.75 Å². The zero-order valence-corrected chi connectivity index (χ0v) is 11.3. The highest BCUT2D eigenvalue weighted by molar-refractivity contribution is 9.10. The van der Waals surface area contributed by atoms with E-state index in [1.54, 1.807) is 24.4 Å². The Hall–Kier alpha value is -2.08. The van der Waals surface area contributed by atoms with Crippen LogP contribution in [0.2, 0.25) is 0 Å². The van der Waals surface area contributed by atoms with E-state index >= 15 is 0 Å². The van der Waals surface area contributed by atoms with Crippen LogP contribution in [0.3, 0.4) is 0 Å². The molecule has 0 aliphatic carbocycles. The van der Waals surface area contributed by atoms with Crippen LogP contribution in [0.4, 0.5) is 0 Å². The third kappa shape index (κ3) is 3.96. The van der Waals surface area contributed by atoms with Crippen LogP contribution in [-0.2, 0) is 11.4 Å². The molecule has 2 rings (SSSR count). The summed E-state index contributed by atoms with van der Waals surface area (Å²) in [5, 5.41) is 12.2. The second-order valence-electron chi connectivity index (χ2n) is 3.68. The highest BCUT2D eigenvalue weighted by Crippen LogP contribution is 2.24. The molecule has 98 valence electrons. The minimum Gasteiger partial charge on any atom is -0.489 e. The summed E-state index contributed by atoms with van der Waals surface area (Å²) >= 11 is 3.35. The van der Waals surface area contributed by atoms with Gasteiger partial charge < -0.3 is 14.4 Å². The first-order chi connectivity index (χ1) is 9.15. The maximum absolute atomic E-state index is 10.5. The molecule has 0 saturated carbocycles. The smallest absolute Gasteiger partial charge is 0.328 e. The maximum atomic E-state index is 10.5. The fourth-order valence-electron chi connectivity index (χ4n) is 1.37. The van der Waals surface area contributed by atoms with Crippen molar-refractivity contribution in [3.05, 3.63) is 52.3 Å². The highest BCUT2D eigenvalue weighted by Gasteiger charge is 2.02. The van der Waals surface area contributed by atoms with Gasteiger partial charge in [-0.3, -0.25) is 0 Å². The normalized spacial score (nSPS) is 10.8. The number of benzene rings is 1. The molecular weight excluding hydrogens is 314 g/mol. The van der Waals surface area contributed by atoms with Crippen molar-refractivity contribution in [1.29, 1.82) is 0 Å². The number of rotatable bonds is 5. The Balaban J connectivity index is 2.09. The molecule has 1 aromatic carbocycles. The van der Waals surface area contributed by atoms with E-state index < -0.39 is 5.97 Å². The van der Waals surface area contributed by atoms with Gasteiger partial charge >= 0.3 is 5.97 Å². The van der Waals surface area contributed by atoms with Crippen molar-refractivity contribution in [3.63, 3.8) is 0 Å². The summed E-state index contributed by atoms with van der Waals surface area (Å²) in [6.45, 7) is 0.340. The summed E-state index contributed by atoms with van der Waals surface area (Å²) in [4.78, 5) is 10.5. The third-order valence-corrected chi connectivity index (χ3v) is 2.98. The summed E-state index contributed by atoms with van der Waals surface area (Å²) in [6.07, 6.45) is 5.65. The number of carbonyl (C=O) groups is 1. The van der Waals surface area contributed by atoms with Crippen LogP contribution in [0, 0.1) is 0 Å². The van der Waals surface area contributed by atoms with Gasteiger partial charge in [-0.05, 0) is 29.8 Å². The van der Waals surface area contributed by atoms with Gasteiger partial charge in [-0.2, -0.15) is 0 Å². The van der Waals surface area contributed by atoms with Crippen molar-refractivity contribution in [2.24, 2.45) is 0 Å². The summed E-state index contributed by atoms with van der Waals surface area (Å²) in [5.41, 5.74) is 1.55. The monoisotopic (exact) mass is 323 g/mol. The van der Waals surface area contributed by atoms with E-state index in [1.807, 2.05) is 0 Å². The molecule has 0 unspecified atom stereocenters. The molecule has 2 aromatic rings. The molecule has 1 N–H and O–H groups in total. The lowest BCUT2D eigenvalue weighted by Crippen LogP contribution is -1.94. The molecule has 0 radical (unpaired) electrons. The van der Waals surface area contributed by atoms with Gasteiger partial charge in [0.1, 0.15) is 18.6 Å². The van der Waals surface area contributed by atoms with Crippen molar-refractivity contribution < 1.29 is 19.2 Å². The molecule has 0 atom stereocenters. The van der Waals surface area contributed by atoms with Crippen LogP contribution in [0.15, 0.2) is 45.7 Å². The number of aliphatic carboxylic acids is 1. The fraction of sp³-hybridized carbons (Fsp3) is 0.0769. The van der Waals surface area contributed by atoms with Crippen molar-refractivity contribution in [1.82, 2.24) is 5.16 Å². The predicted octanol–water partition coefficient (Wildman–Crippen LogP) is 3.11. The number of halogens is 1. The van der Waals surface area contributed by atoms with Gasteiger partial charge in [0.15, 0.2) is 0 Å². The predicted molar refractivity (Wildman–Crippen MR) is 71.6 cm³/mol. The van der Waals surface area contributed by atoms with E-state index in [0.717, 1.165) is 21.7 Å². The lowest BCUT2D eigenvalue weighted by molar-refractivity contribution is -0.131. The second-order valence-corrected chi connectivity index (χ2v) is 4.53. The molecule has 5 nitrogen and oxygen atoms in total. The van der Waals surface area contributed by atoms with Gasteiger partial charge in [0.25, 0.3) is 0 Å². The standard InChI is InChI=1S/C13H10BrNO4/c14-12-3-2-11(5-10(12)1-4-13(16)17)18-7-9-6-15-19-8-9/h1-6,8H,7H2,(H,16,17)/b4-1+. The Morgan fingerprint density at radius 2 is 2.37 bits per heavy atom. The number of ether oxygens (including phenoxy) is 1. The molecule has 0 aliphatic heterocycles. The summed E-state index contributed by atoms with van der Waals surface area (Å²) in [6, 6.07) is 5.33. The number of aromatic nitrogens is 1. The van der Waals surface area contributed by atoms with E-state index in [9.17, 15) is 4.79 Å². The Morgan fingerprint density at radius 3 is 3.05 bits per heavy atom. The molecule has 0 amide bonds. The Labute approximate surface area is 117 Å². The number of carboxylic acids is 1. The van der Waals surface area contributed by atoms with Crippen LogP contribution < -0.4 is 4.74 Å². The molecule has 0 bridgehead atoms. The van der Waals surface area contributed by atoms with Crippen molar-refractivity contribution in [2.75, 3.05) is 0 Å². The van der Waals surface area contributed by atoms with Gasteiger partial charge in [-0.15, -0.1) is 0 Å². The SMILES string of the molecule is O=C(O)/C=C/c1cc(OCc2cnoc2)ccc1Br. The van der Waals surface area contributed by atoms with Crippen LogP contribution in [0.1, 0.15) is 11.1 Å². The number of nitrogens with zero attached hydrogens (tertiary/aromatic N) is 1. The zero-order chi connectivity index (χ0) is 13.7. The summed E-state index contributed by atoms with van der Waals surface area (Å²) in [5.74, 6) is -0.364. The molecule has 0 spiro atoms. The zero-order valence-electron chi connectivity index (χ0n) is 9.75. The molecule has 1 heterocycles. The minimum atomic E-state index is -0.998. The van der Waals surface area contributed by atoms with Gasteiger partial charge in [0.2, 0.25) is 0 Å². The molecule has 0 fully saturated rings. The largest absolute Gasteiger partial charge is 0.489 e. The van der Waals surface area contributed by atoms with E-state index in [1.165, 1.54) is 12.3 Å². The number of hydrogen-bond acceptors (Lipinski definition) is 4. The summed E-state index contributed by atoms with van der Waals surface area (Å²) < 4.78 is 11.0. The van der Waals surface area contributed by atoms with E-state index in [-0.39, 0.29) is 0 Å². The average Bonchev–Trinajstić information content (AvgIpc) is 2.89. The van der Waals surface area contributed by atoms with Gasteiger partial charge in [0.05, 0.1) is 6.20 Å². The van der Waals surface area contributed by atoms with Gasteiger partial charge in [-0.1, -0.05) is 21.1 Å². The third-order valence-electron chi connectivity index (χ3n) is 2.26. The number of carboxylic acid groups (broad SMARTS) is 1. The quantitative estimate of drug-likeness (QED) is 0.856. The fourth-order valence-corrected chi connectivity index (χ4v) is 1.74. The van der Waals surface area contributed by atoms with Crippen LogP contribution >= 0.6 is 15.9 Å². The minimum absolute atomic E-state index is 0.340. The van der Waals surface area contributed by atoms with E-state index in [4.69, 9.17) is 14.4 Å². The first-order valence-electron chi connectivity index (χ1n) is 5.37. The van der Waals surface area contributed by atoms with Crippen LogP contribution in [-0.4, -0.2) is 16.2 Å². The van der Waals surface area contributed by atoms with Crippen LogP contribution in [0.25, 0.3) is 6.08 Å². The van der Waals surface area contributed by atoms with Gasteiger partial charge in [-0.25, -0.2) is 4.79 Å². The molecule has 0 aliphatic rings. The van der Waals surface area contributed by atoms with E-state index in [2.05, 4.69) is 21.1 Å². The van der Waals surface area contributed by atoms with Gasteiger partial charge in [0, 0.05) is 16.1 Å². The molecule has 0 saturated heterocycles. The number of hydrogen-bond donors (Lipinski definition) is 1. The average molecular weight is 324 g/mol. The van der Waals surface area contributed by atoms with E-state index in [0.29, 0.717) is 12.4 Å². The maximum Gasteiger partial charge on any atom is 0.328 e. The Bertz CT molecular complexity index is 593. The second kappa shape index (κ2) is 6.19. The lowest BCUT2D eigenvalue weighted by atomic mass is 10.2. The van der Waals surface area contributed by atoms with Crippen LogP contribution in [0.5, 0.6) is 5.75 Å². The topological polar surface area (TPSA) is 72.6 Å².